The molecule has 1 N–H and O–H groups in total. The summed E-state index contributed by atoms with van der Waals surface area (Å²) in [6.45, 7) is 2.02. The lowest BCUT2D eigenvalue weighted by Gasteiger charge is -2.60. The van der Waals surface area contributed by atoms with Crippen LogP contribution >= 0.6 is 0 Å². The lowest BCUT2D eigenvalue weighted by atomic mass is 9.51. The van der Waals surface area contributed by atoms with E-state index in [4.69, 9.17) is 9.47 Å². The summed E-state index contributed by atoms with van der Waals surface area (Å²) in [6, 6.07) is 3.39. The van der Waals surface area contributed by atoms with Crippen LogP contribution in [0.3, 0.4) is 0 Å². The number of hydrogen-bond acceptors (Lipinski definition) is 5. The lowest BCUT2D eigenvalue weighted by Crippen LogP contribution is -2.75. The van der Waals surface area contributed by atoms with Crippen molar-refractivity contribution in [2.45, 2.75) is 42.9 Å². The van der Waals surface area contributed by atoms with Crippen LogP contribution in [-0.4, -0.2) is 53.1 Å². The molecular weight excluding hydrogens is 322 g/mol. The molecule has 2 heterocycles. The van der Waals surface area contributed by atoms with Gasteiger partial charge < -0.3 is 19.5 Å². The van der Waals surface area contributed by atoms with Crippen molar-refractivity contribution in [2.75, 3.05) is 13.7 Å². The zero-order valence-electron chi connectivity index (χ0n) is 14.1. The molecule has 6 heteroatoms. The Morgan fingerprint density at radius 2 is 2.24 bits per heavy atom. The fourth-order valence-corrected chi connectivity index (χ4v) is 5.45. The Morgan fingerprint density at radius 3 is 2.96 bits per heavy atom. The van der Waals surface area contributed by atoms with Gasteiger partial charge in [-0.25, -0.2) is 0 Å². The standard InChI is InChI=1S/C19H19NO5/c1-10(21)20-8-7-18-15-11-3-4-13(24-2)16(15)25-17(18)12(22)5-6-19(18,23)14(20)9-11/h3-6,14,17,23H,7-9H2,1-2H3/t14-,17+,18+,19-/m1/s1. The van der Waals surface area contributed by atoms with Gasteiger partial charge in [-0.05, 0) is 36.6 Å². The highest BCUT2D eigenvalue weighted by atomic mass is 16.5. The third kappa shape index (κ3) is 1.46. The summed E-state index contributed by atoms with van der Waals surface area (Å²) in [5.74, 6) is 0.928. The monoisotopic (exact) mass is 341 g/mol. The molecule has 6 nitrogen and oxygen atoms in total. The summed E-state index contributed by atoms with van der Waals surface area (Å²) in [5, 5.41) is 11.8. The van der Waals surface area contributed by atoms with Gasteiger partial charge >= 0.3 is 0 Å². The van der Waals surface area contributed by atoms with Crippen molar-refractivity contribution in [3.05, 3.63) is 35.4 Å². The number of rotatable bonds is 1. The molecule has 4 aliphatic rings. The number of aliphatic hydroxyl groups is 1. The number of likely N-dealkylation sites (tertiary alicyclic amines) is 1. The highest BCUT2D eigenvalue weighted by Crippen LogP contribution is 2.63. The van der Waals surface area contributed by atoms with Crippen LogP contribution in [0.2, 0.25) is 0 Å². The van der Waals surface area contributed by atoms with Crippen molar-refractivity contribution in [2.24, 2.45) is 0 Å². The van der Waals surface area contributed by atoms with Crippen molar-refractivity contribution in [1.82, 2.24) is 4.90 Å². The molecule has 0 saturated carbocycles. The molecule has 0 radical (unpaired) electrons. The van der Waals surface area contributed by atoms with Crippen LogP contribution in [0, 0.1) is 0 Å². The Kier molecular flexibility index (Phi) is 2.65. The van der Waals surface area contributed by atoms with Crippen LogP contribution in [0.25, 0.3) is 0 Å². The quantitative estimate of drug-likeness (QED) is 0.815. The van der Waals surface area contributed by atoms with E-state index in [-0.39, 0.29) is 11.7 Å². The summed E-state index contributed by atoms with van der Waals surface area (Å²) in [4.78, 5) is 26.5. The molecule has 1 fully saturated rings. The molecule has 4 atom stereocenters. The second kappa shape index (κ2) is 4.43. The van der Waals surface area contributed by atoms with Crippen molar-refractivity contribution >= 4 is 11.7 Å². The average molecular weight is 341 g/mol. The molecule has 1 aromatic carbocycles. The predicted octanol–water partition coefficient (Wildman–Crippen LogP) is 0.741. The molecule has 1 aromatic rings. The lowest BCUT2D eigenvalue weighted by molar-refractivity contribution is -0.165. The Morgan fingerprint density at radius 1 is 1.44 bits per heavy atom. The Balaban J connectivity index is 1.85. The summed E-state index contributed by atoms with van der Waals surface area (Å²) < 4.78 is 11.5. The van der Waals surface area contributed by atoms with E-state index in [2.05, 4.69) is 0 Å². The number of nitrogens with zero attached hydrogens (tertiary/aromatic N) is 1. The van der Waals surface area contributed by atoms with E-state index in [1.165, 1.54) is 13.0 Å². The number of carbonyl (C=O) groups excluding carboxylic acids is 2. The van der Waals surface area contributed by atoms with Gasteiger partial charge in [-0.3, -0.25) is 9.59 Å². The Hall–Kier alpha value is -2.34. The molecule has 0 unspecified atom stereocenters. The van der Waals surface area contributed by atoms with Crippen LogP contribution in [0.4, 0.5) is 0 Å². The van der Waals surface area contributed by atoms with E-state index >= 15 is 0 Å². The largest absolute Gasteiger partial charge is 0.493 e. The van der Waals surface area contributed by atoms with E-state index in [0.717, 1.165) is 11.1 Å². The maximum atomic E-state index is 12.6. The molecule has 2 aliphatic heterocycles. The number of amides is 1. The van der Waals surface area contributed by atoms with Crippen LogP contribution in [0.1, 0.15) is 24.5 Å². The maximum Gasteiger partial charge on any atom is 0.219 e. The SMILES string of the molecule is COc1ccc2c3c1O[C@H]1C(=O)C=C[C@@]4(O)[C@@H](C2)N(C(C)=O)CC[C@]314. The predicted molar refractivity (Wildman–Crippen MR) is 87.7 cm³/mol. The van der Waals surface area contributed by atoms with Crippen molar-refractivity contribution in [3.63, 3.8) is 0 Å². The van der Waals surface area contributed by atoms with E-state index in [1.54, 1.807) is 18.1 Å². The molecule has 0 aromatic heterocycles. The number of ketones is 1. The second-order valence-corrected chi connectivity index (χ2v) is 7.34. The topological polar surface area (TPSA) is 76.1 Å². The van der Waals surface area contributed by atoms with Gasteiger partial charge in [-0.2, -0.15) is 0 Å². The zero-order chi connectivity index (χ0) is 17.6. The number of ether oxygens (including phenoxy) is 2. The fraction of sp³-hybridized carbons (Fsp3) is 0.474. The van der Waals surface area contributed by atoms with Crippen molar-refractivity contribution in [3.8, 4) is 11.5 Å². The van der Waals surface area contributed by atoms with Gasteiger partial charge in [0.2, 0.25) is 5.91 Å². The first kappa shape index (κ1) is 15.0. The molecule has 1 saturated heterocycles. The van der Waals surface area contributed by atoms with Crippen LogP contribution < -0.4 is 9.47 Å². The highest BCUT2D eigenvalue weighted by molar-refractivity contribution is 5.99. The van der Waals surface area contributed by atoms with Gasteiger partial charge in [-0.15, -0.1) is 0 Å². The highest BCUT2D eigenvalue weighted by Gasteiger charge is 2.72. The van der Waals surface area contributed by atoms with E-state index in [9.17, 15) is 14.7 Å². The zero-order valence-corrected chi connectivity index (χ0v) is 14.1. The summed E-state index contributed by atoms with van der Waals surface area (Å²) in [6.07, 6.45) is 3.23. The first-order chi connectivity index (χ1) is 11.9. The second-order valence-electron chi connectivity index (χ2n) is 7.34. The minimum absolute atomic E-state index is 0.0637. The van der Waals surface area contributed by atoms with Crippen molar-refractivity contribution < 1.29 is 24.2 Å². The maximum absolute atomic E-state index is 12.6. The Labute approximate surface area is 145 Å². The van der Waals surface area contributed by atoms with E-state index in [1.807, 2.05) is 12.1 Å². The molecule has 2 aliphatic carbocycles. The molecule has 25 heavy (non-hydrogen) atoms. The minimum atomic E-state index is -1.32. The van der Waals surface area contributed by atoms with Crippen LogP contribution in [0.15, 0.2) is 24.3 Å². The minimum Gasteiger partial charge on any atom is -0.493 e. The molecule has 1 spiro atoms. The Bertz CT molecular complexity index is 862. The molecular formula is C19H19NO5. The normalized spacial score (nSPS) is 36.8. The summed E-state index contributed by atoms with van der Waals surface area (Å²) >= 11 is 0. The van der Waals surface area contributed by atoms with Gasteiger partial charge in [0.15, 0.2) is 23.4 Å². The molecule has 5 rings (SSSR count). The van der Waals surface area contributed by atoms with Gasteiger partial charge in [0, 0.05) is 19.0 Å². The fourth-order valence-electron chi connectivity index (χ4n) is 5.45. The number of benzene rings is 1. The molecule has 130 valence electrons. The van der Waals surface area contributed by atoms with Gasteiger partial charge in [0.25, 0.3) is 0 Å². The van der Waals surface area contributed by atoms with E-state index in [0.29, 0.717) is 30.9 Å². The number of methoxy groups -OCH3 is 1. The van der Waals surface area contributed by atoms with Gasteiger partial charge in [-0.1, -0.05) is 6.07 Å². The summed E-state index contributed by atoms with van der Waals surface area (Å²) in [5.41, 5.74) is -0.272. The van der Waals surface area contributed by atoms with Crippen LogP contribution in [0.5, 0.6) is 11.5 Å². The third-order valence-corrected chi connectivity index (χ3v) is 6.48. The smallest absolute Gasteiger partial charge is 0.219 e. The van der Waals surface area contributed by atoms with Crippen molar-refractivity contribution in [1.29, 1.82) is 0 Å². The van der Waals surface area contributed by atoms with E-state index < -0.39 is 23.2 Å². The first-order valence-corrected chi connectivity index (χ1v) is 8.53. The van der Waals surface area contributed by atoms with Crippen LogP contribution in [-0.2, 0) is 21.4 Å². The first-order valence-electron chi connectivity index (χ1n) is 8.53. The summed E-state index contributed by atoms with van der Waals surface area (Å²) in [7, 11) is 1.57. The third-order valence-electron chi connectivity index (χ3n) is 6.48. The number of hydrogen-bond donors (Lipinski definition) is 1. The molecule has 2 bridgehead atoms. The molecule has 1 amide bonds. The number of piperidine rings is 1. The number of carbonyl (C=O) groups is 2. The average Bonchev–Trinajstić information content (AvgIpc) is 2.92. The van der Waals surface area contributed by atoms with Gasteiger partial charge in [0.1, 0.15) is 5.60 Å². The van der Waals surface area contributed by atoms with Gasteiger partial charge in [0.05, 0.1) is 18.6 Å².